The van der Waals surface area contributed by atoms with Crippen LogP contribution >= 0.6 is 0 Å². The highest BCUT2D eigenvalue weighted by Crippen LogP contribution is 2.13. The number of aromatic nitrogens is 2. The number of nitrogens with zero attached hydrogens (tertiary/aromatic N) is 2. The fourth-order valence-corrected chi connectivity index (χ4v) is 3.01. The molecule has 0 aliphatic carbocycles. The van der Waals surface area contributed by atoms with E-state index in [2.05, 4.69) is 79.5 Å². The second-order valence-electron chi connectivity index (χ2n) is 6.76. The summed E-state index contributed by atoms with van der Waals surface area (Å²) in [6.45, 7) is 16.4. The normalized spacial score (nSPS) is 15.1. The smallest absolute Gasteiger partial charge is 0.133 e. The first-order chi connectivity index (χ1) is 14.1. The van der Waals surface area contributed by atoms with Gasteiger partial charge in [-0.25, -0.2) is 4.98 Å². The largest absolute Gasteiger partial charge is 0.389 e. The van der Waals surface area contributed by atoms with Crippen LogP contribution in [0.2, 0.25) is 0 Å². The predicted molar refractivity (Wildman–Crippen MR) is 130 cm³/mol. The summed E-state index contributed by atoms with van der Waals surface area (Å²) in [7, 11) is 1.94. The van der Waals surface area contributed by atoms with Crippen molar-refractivity contribution in [3.8, 4) is 0 Å². The van der Waals surface area contributed by atoms with E-state index in [1.807, 2.05) is 33.0 Å². The molecule has 1 aromatic heterocycles. The van der Waals surface area contributed by atoms with Crippen LogP contribution in [0.1, 0.15) is 46.2 Å². The first-order valence-corrected chi connectivity index (χ1v) is 10.4. The second-order valence-corrected chi connectivity index (χ2v) is 6.76. The summed E-state index contributed by atoms with van der Waals surface area (Å²) in [5.74, 6) is 0.126. The molecule has 0 aliphatic heterocycles. The van der Waals surface area contributed by atoms with Gasteiger partial charge >= 0.3 is 0 Å². The Morgan fingerprint density at radius 3 is 2.55 bits per heavy atom. The van der Waals surface area contributed by atoms with Crippen molar-refractivity contribution >= 4 is 18.9 Å². The first kappa shape index (κ1) is 24.2. The molecule has 156 valence electrons. The van der Waals surface area contributed by atoms with Gasteiger partial charge in [-0.1, -0.05) is 75.1 Å². The maximum Gasteiger partial charge on any atom is 0.133 e. The third kappa shape index (κ3) is 7.26. The molecule has 1 heterocycles. The molecule has 1 atom stereocenters. The van der Waals surface area contributed by atoms with Crippen LogP contribution in [0.3, 0.4) is 0 Å². The van der Waals surface area contributed by atoms with Gasteiger partial charge in [0, 0.05) is 31.3 Å². The number of hydrogen-bond acceptors (Lipinski definition) is 2. The van der Waals surface area contributed by atoms with Crippen molar-refractivity contribution in [1.29, 1.82) is 0 Å². The van der Waals surface area contributed by atoms with Crippen molar-refractivity contribution in [2.75, 3.05) is 7.05 Å². The molecule has 3 nitrogen and oxygen atoms in total. The molecule has 1 unspecified atom stereocenters. The number of imidazole rings is 1. The Hall–Kier alpha value is -2.81. The van der Waals surface area contributed by atoms with Gasteiger partial charge in [0.25, 0.3) is 0 Å². The van der Waals surface area contributed by atoms with E-state index in [4.69, 9.17) is 4.98 Å². The number of nitrogens with one attached hydrogen (secondary N) is 1. The van der Waals surface area contributed by atoms with Crippen molar-refractivity contribution in [3.05, 3.63) is 83.0 Å². The SMILES string of the molecule is C=C/C=C\C(/C=C\C)/C(=C/n1c(=C)c(CC(/C=C\CCC)=C/C)n/c1=C\C)NC. The van der Waals surface area contributed by atoms with Gasteiger partial charge in [0.05, 0.1) is 11.0 Å². The lowest BCUT2D eigenvalue weighted by Gasteiger charge is -2.13. The minimum atomic E-state index is 0.126. The van der Waals surface area contributed by atoms with Crippen molar-refractivity contribution in [3.63, 3.8) is 0 Å². The molecule has 1 N–H and O–H groups in total. The third-order valence-electron chi connectivity index (χ3n) is 4.68. The molecule has 0 bridgehead atoms. The zero-order valence-corrected chi connectivity index (χ0v) is 18.8. The molecule has 29 heavy (non-hydrogen) atoms. The fraction of sp³-hybridized carbons (Fsp3) is 0.346. The van der Waals surface area contributed by atoms with E-state index >= 15 is 0 Å². The van der Waals surface area contributed by atoms with Crippen molar-refractivity contribution < 1.29 is 0 Å². The summed E-state index contributed by atoms with van der Waals surface area (Å²) in [5.41, 5.74) is 4.22. The van der Waals surface area contributed by atoms with E-state index in [9.17, 15) is 0 Å². The van der Waals surface area contributed by atoms with Crippen LogP contribution in [0.25, 0.3) is 18.9 Å². The average molecular weight is 392 g/mol. The molecular formula is C26H37N3. The molecule has 0 fully saturated rings. The Morgan fingerprint density at radius 2 is 2.00 bits per heavy atom. The predicted octanol–water partition coefficient (Wildman–Crippen LogP) is 4.89. The molecule has 1 rings (SSSR count). The zero-order chi connectivity index (χ0) is 21.6. The molecular weight excluding hydrogens is 354 g/mol. The fourth-order valence-electron chi connectivity index (χ4n) is 3.01. The van der Waals surface area contributed by atoms with Gasteiger partial charge in [-0.05, 0) is 38.8 Å². The highest BCUT2D eigenvalue weighted by atomic mass is 15.1. The molecule has 0 radical (unpaired) electrons. The van der Waals surface area contributed by atoms with Crippen LogP contribution < -0.4 is 16.1 Å². The lowest BCUT2D eigenvalue weighted by Crippen LogP contribution is -2.25. The Bertz CT molecular complexity index is 904. The average Bonchev–Trinajstić information content (AvgIpc) is 3.03. The lowest BCUT2D eigenvalue weighted by molar-refractivity contribution is 0.821. The van der Waals surface area contributed by atoms with Crippen LogP contribution in [0.15, 0.2) is 66.5 Å². The second kappa shape index (κ2) is 13.4. The molecule has 0 aliphatic rings. The lowest BCUT2D eigenvalue weighted by atomic mass is 10.0. The summed E-state index contributed by atoms with van der Waals surface area (Å²) in [6, 6.07) is 0. The van der Waals surface area contributed by atoms with Gasteiger partial charge in [0.1, 0.15) is 5.48 Å². The Kier molecular flexibility index (Phi) is 11.2. The summed E-state index contributed by atoms with van der Waals surface area (Å²) in [6.07, 6.45) is 23.8. The molecule has 0 saturated heterocycles. The van der Waals surface area contributed by atoms with Crippen LogP contribution in [0.5, 0.6) is 0 Å². The van der Waals surface area contributed by atoms with Gasteiger partial charge in [-0.2, -0.15) is 0 Å². The van der Waals surface area contributed by atoms with Crippen LogP contribution in [0.4, 0.5) is 0 Å². The first-order valence-electron chi connectivity index (χ1n) is 10.4. The molecule has 1 aromatic rings. The van der Waals surface area contributed by atoms with E-state index in [-0.39, 0.29) is 5.92 Å². The van der Waals surface area contributed by atoms with E-state index in [1.54, 1.807) is 6.08 Å². The van der Waals surface area contributed by atoms with Crippen molar-refractivity contribution in [2.45, 2.75) is 47.0 Å². The molecule has 3 heteroatoms. The van der Waals surface area contributed by atoms with Gasteiger partial charge in [-0.3, -0.25) is 4.57 Å². The van der Waals surface area contributed by atoms with E-state index in [0.29, 0.717) is 0 Å². The van der Waals surface area contributed by atoms with Crippen LogP contribution in [-0.2, 0) is 6.42 Å². The van der Waals surface area contributed by atoms with Gasteiger partial charge in [-0.15, -0.1) is 0 Å². The maximum absolute atomic E-state index is 4.84. The Labute approximate surface area is 176 Å². The number of rotatable bonds is 11. The van der Waals surface area contributed by atoms with E-state index in [1.165, 1.54) is 5.57 Å². The van der Waals surface area contributed by atoms with Crippen molar-refractivity contribution in [2.24, 2.45) is 5.92 Å². The highest BCUT2D eigenvalue weighted by Gasteiger charge is 2.10. The third-order valence-corrected chi connectivity index (χ3v) is 4.68. The summed E-state index contributed by atoms with van der Waals surface area (Å²) < 4.78 is 2.07. The number of hydrogen-bond donors (Lipinski definition) is 1. The quantitative estimate of drug-likeness (QED) is 0.430. The van der Waals surface area contributed by atoms with Gasteiger partial charge in [0.15, 0.2) is 0 Å². The molecule has 0 aromatic carbocycles. The minimum absolute atomic E-state index is 0.126. The standard InChI is InChI=1S/C26H37N3/c1-8-13-15-17-22(11-4)19-24-21(6)29(26(12-5)28-24)20-25(27-7)23(16-10-3)18-14-9-2/h9-12,14-18,20,23,27H,2,6,8,13,19H2,1,3-5,7H3/b16-10-,17-15-,18-14-,22-11+,25-20-,26-12+. The summed E-state index contributed by atoms with van der Waals surface area (Å²) in [4.78, 5) is 4.84. The topological polar surface area (TPSA) is 29.9 Å². The van der Waals surface area contributed by atoms with E-state index in [0.717, 1.165) is 41.5 Å². The van der Waals surface area contributed by atoms with Crippen LogP contribution in [-0.4, -0.2) is 16.6 Å². The Morgan fingerprint density at radius 1 is 1.24 bits per heavy atom. The molecule has 0 spiro atoms. The van der Waals surface area contributed by atoms with Gasteiger partial charge < -0.3 is 5.32 Å². The van der Waals surface area contributed by atoms with Crippen LogP contribution in [0, 0.1) is 5.92 Å². The number of unbranched alkanes of at least 4 members (excludes halogenated alkanes) is 1. The highest BCUT2D eigenvalue weighted by molar-refractivity contribution is 5.39. The molecule has 0 amide bonds. The van der Waals surface area contributed by atoms with Crippen molar-refractivity contribution in [1.82, 2.24) is 14.9 Å². The monoisotopic (exact) mass is 391 g/mol. The molecule has 0 saturated carbocycles. The minimum Gasteiger partial charge on any atom is -0.389 e. The Balaban J connectivity index is 3.39. The summed E-state index contributed by atoms with van der Waals surface area (Å²) in [5, 5.41) is 4.25. The zero-order valence-electron chi connectivity index (χ0n) is 18.8. The van der Waals surface area contributed by atoms with Gasteiger partial charge in [0.2, 0.25) is 0 Å². The summed E-state index contributed by atoms with van der Waals surface area (Å²) >= 11 is 0. The maximum atomic E-state index is 4.84. The van der Waals surface area contributed by atoms with E-state index < -0.39 is 0 Å². The number of allylic oxidation sites excluding steroid dienone is 8.